The summed E-state index contributed by atoms with van der Waals surface area (Å²) >= 11 is 0. The molecule has 2 aromatic rings. The van der Waals surface area contributed by atoms with Crippen molar-refractivity contribution in [2.24, 2.45) is 0 Å². The number of carbonyl (C=O) groups excluding carboxylic acids is 1. The fourth-order valence-corrected chi connectivity index (χ4v) is 2.82. The summed E-state index contributed by atoms with van der Waals surface area (Å²) in [5, 5.41) is 11.3. The van der Waals surface area contributed by atoms with E-state index in [9.17, 15) is 17.6 Å². The molecule has 6 nitrogen and oxygen atoms in total. The van der Waals surface area contributed by atoms with Crippen LogP contribution in [0.3, 0.4) is 0 Å². The number of halogens is 1. The van der Waals surface area contributed by atoms with Gasteiger partial charge in [-0.3, -0.25) is 9.10 Å². The second-order valence-corrected chi connectivity index (χ2v) is 6.89. The van der Waals surface area contributed by atoms with E-state index in [2.05, 4.69) is 5.32 Å². The lowest BCUT2D eigenvalue weighted by Gasteiger charge is -2.21. The van der Waals surface area contributed by atoms with Crippen molar-refractivity contribution < 1.29 is 17.6 Å². The largest absolute Gasteiger partial charge is 0.325 e. The molecule has 0 aliphatic heterocycles. The van der Waals surface area contributed by atoms with Gasteiger partial charge in [0, 0.05) is 5.69 Å². The molecule has 24 heavy (non-hydrogen) atoms. The first kappa shape index (κ1) is 17.4. The topological polar surface area (TPSA) is 90.3 Å². The van der Waals surface area contributed by atoms with Gasteiger partial charge in [-0.2, -0.15) is 5.26 Å². The van der Waals surface area contributed by atoms with Gasteiger partial charge < -0.3 is 5.32 Å². The van der Waals surface area contributed by atoms with Crippen LogP contribution in [0.4, 0.5) is 15.8 Å². The fourth-order valence-electron chi connectivity index (χ4n) is 1.97. The van der Waals surface area contributed by atoms with E-state index in [1.165, 1.54) is 48.5 Å². The third-order valence-corrected chi connectivity index (χ3v) is 4.24. The van der Waals surface area contributed by atoms with Crippen LogP contribution < -0.4 is 9.62 Å². The van der Waals surface area contributed by atoms with Crippen LogP contribution >= 0.6 is 0 Å². The van der Waals surface area contributed by atoms with E-state index >= 15 is 0 Å². The average molecular weight is 347 g/mol. The van der Waals surface area contributed by atoms with Crippen LogP contribution in [0, 0.1) is 17.1 Å². The van der Waals surface area contributed by atoms with Crippen molar-refractivity contribution in [3.05, 3.63) is 59.9 Å². The minimum absolute atomic E-state index is 0.269. The van der Waals surface area contributed by atoms with Crippen LogP contribution in [0.5, 0.6) is 0 Å². The number of sulfonamides is 1. The van der Waals surface area contributed by atoms with Crippen LogP contribution in [0.2, 0.25) is 0 Å². The maximum absolute atomic E-state index is 12.9. The lowest BCUT2D eigenvalue weighted by molar-refractivity contribution is -0.114. The Hall–Kier alpha value is -2.92. The molecule has 2 aromatic carbocycles. The van der Waals surface area contributed by atoms with Crippen molar-refractivity contribution in [2.75, 3.05) is 22.4 Å². The number of nitriles is 1. The van der Waals surface area contributed by atoms with Crippen molar-refractivity contribution >= 4 is 27.3 Å². The molecule has 1 N–H and O–H groups in total. The summed E-state index contributed by atoms with van der Waals surface area (Å²) in [7, 11) is -3.70. The number of rotatable bonds is 5. The minimum atomic E-state index is -3.70. The van der Waals surface area contributed by atoms with E-state index in [1.54, 1.807) is 0 Å². The monoisotopic (exact) mass is 347 g/mol. The highest BCUT2D eigenvalue weighted by Gasteiger charge is 2.20. The minimum Gasteiger partial charge on any atom is -0.325 e. The first-order valence-corrected chi connectivity index (χ1v) is 8.68. The fraction of sp³-hybridized carbons (Fsp3) is 0.125. The zero-order chi connectivity index (χ0) is 17.7. The zero-order valence-electron chi connectivity index (χ0n) is 12.7. The predicted octanol–water partition coefficient (Wildman–Crippen LogP) is 2.10. The Morgan fingerprint density at radius 3 is 2.25 bits per heavy atom. The molecule has 0 heterocycles. The maximum Gasteiger partial charge on any atom is 0.245 e. The molecule has 0 aliphatic carbocycles. The van der Waals surface area contributed by atoms with Crippen LogP contribution in [0.1, 0.15) is 5.56 Å². The standard InChI is InChI=1S/C16H14FN3O3S/c1-24(22,23)20(15-8-2-12(10-18)3-9-15)11-16(21)19-14-6-4-13(17)5-7-14/h2-9H,11H2,1H3,(H,19,21). The maximum atomic E-state index is 12.9. The lowest BCUT2D eigenvalue weighted by Crippen LogP contribution is -2.37. The summed E-state index contributed by atoms with van der Waals surface area (Å²) in [5.41, 5.74) is 1.00. The molecule has 0 radical (unpaired) electrons. The Balaban J connectivity index is 2.18. The lowest BCUT2D eigenvalue weighted by atomic mass is 10.2. The molecule has 0 spiro atoms. The summed E-state index contributed by atoms with van der Waals surface area (Å²) in [6.07, 6.45) is 0.983. The van der Waals surface area contributed by atoms with E-state index in [1.807, 2.05) is 6.07 Å². The molecule has 2 rings (SSSR count). The number of hydrogen-bond donors (Lipinski definition) is 1. The molecule has 0 fully saturated rings. The van der Waals surface area contributed by atoms with Crippen LogP contribution in [0.15, 0.2) is 48.5 Å². The highest BCUT2D eigenvalue weighted by Crippen LogP contribution is 2.18. The SMILES string of the molecule is CS(=O)(=O)N(CC(=O)Nc1ccc(F)cc1)c1ccc(C#N)cc1. The molecule has 0 unspecified atom stereocenters. The summed E-state index contributed by atoms with van der Waals surface area (Å²) in [4.78, 5) is 12.1. The third kappa shape index (κ3) is 4.54. The molecule has 0 aliphatic rings. The highest BCUT2D eigenvalue weighted by atomic mass is 32.2. The third-order valence-electron chi connectivity index (χ3n) is 3.10. The van der Waals surface area contributed by atoms with Crippen molar-refractivity contribution in [1.29, 1.82) is 5.26 Å². The average Bonchev–Trinajstić information content (AvgIpc) is 2.54. The quantitative estimate of drug-likeness (QED) is 0.897. The van der Waals surface area contributed by atoms with Crippen LogP contribution in [-0.4, -0.2) is 27.1 Å². The Labute approximate surface area is 139 Å². The van der Waals surface area contributed by atoms with Gasteiger partial charge in [-0.05, 0) is 48.5 Å². The molecule has 124 valence electrons. The van der Waals surface area contributed by atoms with Gasteiger partial charge in [0.15, 0.2) is 0 Å². The van der Waals surface area contributed by atoms with Gasteiger partial charge in [0.05, 0.1) is 23.6 Å². The number of anilines is 2. The Kier molecular flexibility index (Phi) is 5.16. The summed E-state index contributed by atoms with van der Waals surface area (Å²) < 4.78 is 37.7. The number of carbonyl (C=O) groups is 1. The molecule has 0 bridgehead atoms. The smallest absolute Gasteiger partial charge is 0.245 e. The van der Waals surface area contributed by atoms with Gasteiger partial charge in [-0.15, -0.1) is 0 Å². The molecule has 0 saturated carbocycles. The summed E-state index contributed by atoms with van der Waals surface area (Å²) in [5.74, 6) is -1.01. The van der Waals surface area contributed by atoms with Crippen molar-refractivity contribution in [2.45, 2.75) is 0 Å². The molecule has 1 amide bonds. The highest BCUT2D eigenvalue weighted by molar-refractivity contribution is 7.92. The molecule has 0 atom stereocenters. The Morgan fingerprint density at radius 2 is 1.75 bits per heavy atom. The van der Waals surface area contributed by atoms with E-state index in [0.29, 0.717) is 11.3 Å². The number of benzene rings is 2. The van der Waals surface area contributed by atoms with Gasteiger partial charge in [0.25, 0.3) is 0 Å². The van der Waals surface area contributed by atoms with Crippen LogP contribution in [0.25, 0.3) is 0 Å². The number of amides is 1. The van der Waals surface area contributed by atoms with E-state index in [4.69, 9.17) is 5.26 Å². The first-order chi connectivity index (χ1) is 11.3. The number of nitrogens with one attached hydrogen (secondary N) is 1. The number of nitrogens with zero attached hydrogens (tertiary/aromatic N) is 2. The van der Waals surface area contributed by atoms with E-state index < -0.39 is 28.3 Å². The Bertz CT molecular complexity index is 872. The van der Waals surface area contributed by atoms with Gasteiger partial charge in [-0.25, -0.2) is 12.8 Å². The molecular formula is C16H14FN3O3S. The van der Waals surface area contributed by atoms with Crippen molar-refractivity contribution in [1.82, 2.24) is 0 Å². The van der Waals surface area contributed by atoms with Gasteiger partial charge in [0.2, 0.25) is 15.9 Å². The van der Waals surface area contributed by atoms with Crippen LogP contribution in [-0.2, 0) is 14.8 Å². The predicted molar refractivity (Wildman–Crippen MR) is 88.4 cm³/mol. The molecule has 0 saturated heterocycles. The van der Waals surface area contributed by atoms with Crippen molar-refractivity contribution in [3.63, 3.8) is 0 Å². The van der Waals surface area contributed by atoms with Gasteiger partial charge in [-0.1, -0.05) is 0 Å². The zero-order valence-corrected chi connectivity index (χ0v) is 13.5. The normalized spacial score (nSPS) is 10.7. The van der Waals surface area contributed by atoms with Gasteiger partial charge >= 0.3 is 0 Å². The molecule has 8 heteroatoms. The number of hydrogen-bond acceptors (Lipinski definition) is 4. The van der Waals surface area contributed by atoms with Crippen molar-refractivity contribution in [3.8, 4) is 6.07 Å². The second kappa shape index (κ2) is 7.10. The Morgan fingerprint density at radius 1 is 1.17 bits per heavy atom. The molecular weight excluding hydrogens is 333 g/mol. The first-order valence-electron chi connectivity index (χ1n) is 6.83. The van der Waals surface area contributed by atoms with E-state index in [-0.39, 0.29) is 5.69 Å². The second-order valence-electron chi connectivity index (χ2n) is 4.98. The summed E-state index contributed by atoms with van der Waals surface area (Å²) in [6.45, 7) is -0.442. The van der Waals surface area contributed by atoms with E-state index in [0.717, 1.165) is 10.6 Å². The summed E-state index contributed by atoms with van der Waals surface area (Å²) in [6, 6.07) is 12.9. The van der Waals surface area contributed by atoms with Gasteiger partial charge in [0.1, 0.15) is 12.4 Å². The molecule has 0 aromatic heterocycles.